The Balaban J connectivity index is 2.69. The van der Waals surface area contributed by atoms with Crippen LogP contribution < -0.4 is 0 Å². The minimum Gasteiger partial charge on any atom is -0.394 e. The van der Waals surface area contributed by atoms with E-state index in [-0.39, 0.29) is 0 Å². The summed E-state index contributed by atoms with van der Waals surface area (Å²) in [7, 11) is 1.30. The van der Waals surface area contributed by atoms with Crippen LogP contribution in [0.15, 0.2) is 0 Å². The van der Waals surface area contributed by atoms with E-state index in [1.54, 1.807) is 0 Å². The molecule has 5 atom stereocenters. The first-order valence-corrected chi connectivity index (χ1v) is 3.95. The van der Waals surface area contributed by atoms with Gasteiger partial charge in [0.25, 0.3) is 0 Å². The van der Waals surface area contributed by atoms with E-state index >= 15 is 0 Å². The quantitative estimate of drug-likeness (QED) is 0.386. The zero-order chi connectivity index (χ0) is 10.0. The summed E-state index contributed by atoms with van der Waals surface area (Å²) in [5.41, 5.74) is 0. The minimum atomic E-state index is -1.44. The predicted molar refractivity (Wildman–Crippen MR) is 40.8 cm³/mol. The Bertz CT molecular complexity index is 163. The van der Waals surface area contributed by atoms with Crippen LogP contribution in [-0.2, 0) is 9.47 Å². The fraction of sp³-hybridized carbons (Fsp3) is 1.00. The Hall–Kier alpha value is -0.240. The van der Waals surface area contributed by atoms with E-state index in [1.807, 2.05) is 0 Å². The molecule has 0 saturated carbocycles. The lowest BCUT2D eigenvalue weighted by Gasteiger charge is -2.39. The van der Waals surface area contributed by atoms with E-state index in [0.29, 0.717) is 0 Å². The van der Waals surface area contributed by atoms with Crippen LogP contribution in [-0.4, -0.2) is 64.8 Å². The molecular formula is C7H14O6. The van der Waals surface area contributed by atoms with E-state index in [9.17, 15) is 10.2 Å². The number of aliphatic hydroxyl groups is 4. The summed E-state index contributed by atoms with van der Waals surface area (Å²) in [6.07, 6.45) is -5.76. The van der Waals surface area contributed by atoms with Crippen LogP contribution in [0.2, 0.25) is 0 Å². The molecule has 6 nitrogen and oxygen atoms in total. The molecule has 0 bridgehead atoms. The molecule has 1 heterocycles. The number of hydrogen-bond acceptors (Lipinski definition) is 6. The van der Waals surface area contributed by atoms with Crippen molar-refractivity contribution in [1.29, 1.82) is 0 Å². The second kappa shape index (κ2) is 4.32. The highest BCUT2D eigenvalue weighted by Gasteiger charge is 2.43. The standard InChI is InChI=1S/C7H14O6/c1-12-6-4(9)3(2-8)13-7(11)5(6)10/h3-11H,2H2,1H3/t3-,4+,5-,6+,7?/m1/s1. The lowest BCUT2D eigenvalue weighted by Crippen LogP contribution is -2.59. The number of ether oxygens (including phenoxy) is 2. The number of aliphatic hydroxyl groups excluding tert-OH is 4. The van der Waals surface area contributed by atoms with Crippen molar-refractivity contribution in [2.45, 2.75) is 30.7 Å². The maximum Gasteiger partial charge on any atom is 0.184 e. The van der Waals surface area contributed by atoms with Gasteiger partial charge in [-0.2, -0.15) is 0 Å². The lowest BCUT2D eigenvalue weighted by atomic mass is 9.99. The fourth-order valence-corrected chi connectivity index (χ4v) is 1.35. The van der Waals surface area contributed by atoms with Crippen molar-refractivity contribution in [1.82, 2.24) is 0 Å². The maximum atomic E-state index is 9.44. The molecule has 1 unspecified atom stereocenters. The molecule has 78 valence electrons. The highest BCUT2D eigenvalue weighted by molar-refractivity contribution is 4.89. The van der Waals surface area contributed by atoms with E-state index in [2.05, 4.69) is 0 Å². The molecule has 1 rings (SSSR count). The van der Waals surface area contributed by atoms with Crippen LogP contribution in [0.1, 0.15) is 0 Å². The Morgan fingerprint density at radius 3 is 2.31 bits per heavy atom. The summed E-state index contributed by atoms with van der Waals surface area (Å²) in [6.45, 7) is -0.440. The Morgan fingerprint density at radius 2 is 1.85 bits per heavy atom. The zero-order valence-corrected chi connectivity index (χ0v) is 7.20. The van der Waals surface area contributed by atoms with E-state index < -0.39 is 37.3 Å². The second-order valence-electron chi connectivity index (χ2n) is 2.93. The summed E-state index contributed by atoms with van der Waals surface area (Å²) >= 11 is 0. The molecule has 0 aliphatic carbocycles. The molecule has 4 N–H and O–H groups in total. The minimum absolute atomic E-state index is 0.440. The van der Waals surface area contributed by atoms with Crippen molar-refractivity contribution in [3.63, 3.8) is 0 Å². The third-order valence-corrected chi connectivity index (χ3v) is 2.11. The van der Waals surface area contributed by atoms with Gasteiger partial charge in [-0.1, -0.05) is 0 Å². The molecule has 13 heavy (non-hydrogen) atoms. The van der Waals surface area contributed by atoms with E-state index in [0.717, 1.165) is 0 Å². The highest BCUT2D eigenvalue weighted by atomic mass is 16.6. The van der Waals surface area contributed by atoms with Gasteiger partial charge in [0.2, 0.25) is 0 Å². The average Bonchev–Trinajstić information content (AvgIpc) is 2.12. The van der Waals surface area contributed by atoms with Crippen molar-refractivity contribution in [2.75, 3.05) is 13.7 Å². The summed E-state index contributed by atoms with van der Waals surface area (Å²) in [5, 5.41) is 36.6. The molecule has 0 aromatic heterocycles. The van der Waals surface area contributed by atoms with Crippen molar-refractivity contribution in [2.24, 2.45) is 0 Å². The lowest BCUT2D eigenvalue weighted by molar-refractivity contribution is -0.290. The molecule has 0 aromatic carbocycles. The summed E-state index contributed by atoms with van der Waals surface area (Å²) < 4.78 is 9.48. The summed E-state index contributed by atoms with van der Waals surface area (Å²) in [5.74, 6) is 0. The summed E-state index contributed by atoms with van der Waals surface area (Å²) in [6, 6.07) is 0. The first-order valence-electron chi connectivity index (χ1n) is 3.95. The number of methoxy groups -OCH3 is 1. The molecule has 0 aromatic rings. The molecule has 0 radical (unpaired) electrons. The van der Waals surface area contributed by atoms with Crippen LogP contribution in [0.4, 0.5) is 0 Å². The van der Waals surface area contributed by atoms with Gasteiger partial charge in [-0.25, -0.2) is 0 Å². The Labute approximate surface area is 75.3 Å². The van der Waals surface area contributed by atoms with Crippen molar-refractivity contribution in [3.05, 3.63) is 0 Å². The van der Waals surface area contributed by atoms with Crippen LogP contribution in [0.25, 0.3) is 0 Å². The maximum absolute atomic E-state index is 9.44. The zero-order valence-electron chi connectivity index (χ0n) is 7.20. The fourth-order valence-electron chi connectivity index (χ4n) is 1.35. The molecule has 1 saturated heterocycles. The SMILES string of the molecule is CO[C@H]1[C@@H](O)[C@@H](CO)OC(O)[C@@H]1O. The molecular weight excluding hydrogens is 180 g/mol. The topological polar surface area (TPSA) is 99.4 Å². The van der Waals surface area contributed by atoms with E-state index in [1.165, 1.54) is 7.11 Å². The summed E-state index contributed by atoms with van der Waals surface area (Å²) in [4.78, 5) is 0. The average molecular weight is 194 g/mol. The van der Waals surface area contributed by atoms with E-state index in [4.69, 9.17) is 19.7 Å². The smallest absolute Gasteiger partial charge is 0.184 e. The molecule has 1 fully saturated rings. The van der Waals surface area contributed by atoms with Gasteiger partial charge in [0.15, 0.2) is 6.29 Å². The Kier molecular flexibility index (Phi) is 3.60. The first kappa shape index (κ1) is 10.8. The first-order chi connectivity index (χ1) is 6.11. The third kappa shape index (κ3) is 1.98. The second-order valence-corrected chi connectivity index (χ2v) is 2.93. The van der Waals surface area contributed by atoms with Gasteiger partial charge in [-0.15, -0.1) is 0 Å². The number of rotatable bonds is 2. The predicted octanol–water partition coefficient (Wildman–Crippen LogP) is -2.57. The van der Waals surface area contributed by atoms with Crippen LogP contribution >= 0.6 is 0 Å². The van der Waals surface area contributed by atoms with Gasteiger partial charge in [-0.3, -0.25) is 0 Å². The molecule has 0 amide bonds. The van der Waals surface area contributed by atoms with Crippen molar-refractivity contribution >= 4 is 0 Å². The van der Waals surface area contributed by atoms with Crippen LogP contribution in [0, 0.1) is 0 Å². The Morgan fingerprint density at radius 1 is 1.23 bits per heavy atom. The molecule has 1 aliphatic rings. The normalized spacial score (nSPS) is 46.4. The number of hydrogen-bond donors (Lipinski definition) is 4. The monoisotopic (exact) mass is 194 g/mol. The van der Waals surface area contributed by atoms with Gasteiger partial charge >= 0.3 is 0 Å². The third-order valence-electron chi connectivity index (χ3n) is 2.11. The van der Waals surface area contributed by atoms with Gasteiger partial charge in [0, 0.05) is 7.11 Å². The van der Waals surface area contributed by atoms with Gasteiger partial charge in [0.1, 0.15) is 24.4 Å². The molecule has 6 heteroatoms. The van der Waals surface area contributed by atoms with Crippen LogP contribution in [0.5, 0.6) is 0 Å². The molecule has 0 spiro atoms. The molecule has 1 aliphatic heterocycles. The van der Waals surface area contributed by atoms with Crippen molar-refractivity contribution in [3.8, 4) is 0 Å². The van der Waals surface area contributed by atoms with Gasteiger partial charge in [0.05, 0.1) is 6.61 Å². The van der Waals surface area contributed by atoms with Crippen molar-refractivity contribution < 1.29 is 29.9 Å². The van der Waals surface area contributed by atoms with Gasteiger partial charge in [-0.05, 0) is 0 Å². The highest BCUT2D eigenvalue weighted by Crippen LogP contribution is 2.21. The van der Waals surface area contributed by atoms with Gasteiger partial charge < -0.3 is 29.9 Å². The van der Waals surface area contributed by atoms with Crippen LogP contribution in [0.3, 0.4) is 0 Å². The largest absolute Gasteiger partial charge is 0.394 e.